The van der Waals surface area contributed by atoms with Gasteiger partial charge in [-0.2, -0.15) is 0 Å². The molecule has 0 atom stereocenters. The van der Waals surface area contributed by atoms with Gasteiger partial charge in [0.15, 0.2) is 11.5 Å². The van der Waals surface area contributed by atoms with Gasteiger partial charge in [0.05, 0.1) is 13.2 Å². The molecule has 0 aliphatic carbocycles. The zero-order chi connectivity index (χ0) is 17.2. The topological polar surface area (TPSA) is 57.7 Å². The maximum atomic E-state index is 11.7. The standard InChI is InChI=1S/C18H20ClNO4/c1-2-22-15-6-3-4-7-16(15)23-11-5-8-18(21)24-13-14-9-10-17(19)20-12-14/h3-4,6-7,9-10,12H,2,5,8,11,13H2,1H3. The van der Waals surface area contributed by atoms with Crippen LogP contribution in [0.2, 0.25) is 5.15 Å². The van der Waals surface area contributed by atoms with Gasteiger partial charge in [0.1, 0.15) is 11.8 Å². The zero-order valence-electron chi connectivity index (χ0n) is 13.5. The number of aromatic nitrogens is 1. The molecule has 0 saturated carbocycles. The van der Waals surface area contributed by atoms with Crippen LogP contribution in [0.4, 0.5) is 0 Å². The Bertz CT molecular complexity index is 646. The average Bonchev–Trinajstić information content (AvgIpc) is 2.60. The fourth-order valence-electron chi connectivity index (χ4n) is 1.97. The van der Waals surface area contributed by atoms with E-state index in [-0.39, 0.29) is 19.0 Å². The Labute approximate surface area is 146 Å². The summed E-state index contributed by atoms with van der Waals surface area (Å²) in [7, 11) is 0. The molecular formula is C18H20ClNO4. The van der Waals surface area contributed by atoms with E-state index in [9.17, 15) is 4.79 Å². The smallest absolute Gasteiger partial charge is 0.306 e. The van der Waals surface area contributed by atoms with Gasteiger partial charge in [0.25, 0.3) is 0 Å². The molecule has 24 heavy (non-hydrogen) atoms. The second kappa shape index (κ2) is 9.78. The molecule has 0 fully saturated rings. The minimum absolute atomic E-state index is 0.192. The van der Waals surface area contributed by atoms with Crippen molar-refractivity contribution in [1.82, 2.24) is 4.98 Å². The Kier molecular flexibility index (Phi) is 7.36. The third-order valence-corrected chi connectivity index (χ3v) is 3.34. The van der Waals surface area contributed by atoms with Crippen molar-refractivity contribution in [2.45, 2.75) is 26.4 Å². The summed E-state index contributed by atoms with van der Waals surface area (Å²) in [6, 6.07) is 10.9. The molecule has 0 amide bonds. The van der Waals surface area contributed by atoms with Crippen LogP contribution in [0.1, 0.15) is 25.3 Å². The zero-order valence-corrected chi connectivity index (χ0v) is 14.3. The van der Waals surface area contributed by atoms with Gasteiger partial charge in [-0.1, -0.05) is 29.8 Å². The van der Waals surface area contributed by atoms with E-state index in [1.807, 2.05) is 31.2 Å². The number of esters is 1. The quantitative estimate of drug-likeness (QED) is 0.388. The first-order chi connectivity index (χ1) is 11.7. The molecule has 2 rings (SSSR count). The van der Waals surface area contributed by atoms with Crippen LogP contribution in [-0.4, -0.2) is 24.2 Å². The van der Waals surface area contributed by atoms with Gasteiger partial charge < -0.3 is 14.2 Å². The molecule has 1 aromatic heterocycles. The fraction of sp³-hybridized carbons (Fsp3) is 0.333. The van der Waals surface area contributed by atoms with Gasteiger partial charge in [-0.25, -0.2) is 4.98 Å². The number of benzene rings is 1. The number of pyridine rings is 1. The summed E-state index contributed by atoms with van der Waals surface area (Å²) in [5.74, 6) is 1.12. The number of halogens is 1. The van der Waals surface area contributed by atoms with Crippen molar-refractivity contribution in [3.63, 3.8) is 0 Å². The summed E-state index contributed by atoms with van der Waals surface area (Å²) >= 11 is 5.70. The predicted molar refractivity (Wildman–Crippen MR) is 91.4 cm³/mol. The van der Waals surface area contributed by atoms with Crippen molar-refractivity contribution in [3.05, 3.63) is 53.3 Å². The van der Waals surface area contributed by atoms with Gasteiger partial charge in [-0.3, -0.25) is 4.79 Å². The van der Waals surface area contributed by atoms with Crippen molar-refractivity contribution in [2.75, 3.05) is 13.2 Å². The molecular weight excluding hydrogens is 330 g/mol. The highest BCUT2D eigenvalue weighted by Gasteiger charge is 2.06. The molecule has 0 saturated heterocycles. The monoisotopic (exact) mass is 349 g/mol. The minimum atomic E-state index is -0.272. The number of hydrogen-bond acceptors (Lipinski definition) is 5. The Morgan fingerprint density at radius 3 is 2.54 bits per heavy atom. The predicted octanol–water partition coefficient (Wildman–Crippen LogP) is 4.04. The highest BCUT2D eigenvalue weighted by atomic mass is 35.5. The Morgan fingerprint density at radius 2 is 1.88 bits per heavy atom. The summed E-state index contributed by atoms with van der Waals surface area (Å²) in [5, 5.41) is 0.412. The van der Waals surface area contributed by atoms with E-state index in [4.69, 9.17) is 25.8 Å². The average molecular weight is 350 g/mol. The molecule has 0 unspecified atom stereocenters. The third kappa shape index (κ3) is 6.08. The molecule has 128 valence electrons. The maximum Gasteiger partial charge on any atom is 0.306 e. The highest BCUT2D eigenvalue weighted by Crippen LogP contribution is 2.26. The largest absolute Gasteiger partial charge is 0.490 e. The Balaban J connectivity index is 1.67. The molecule has 2 aromatic rings. The van der Waals surface area contributed by atoms with Crippen LogP contribution < -0.4 is 9.47 Å². The summed E-state index contributed by atoms with van der Waals surface area (Å²) in [6.07, 6.45) is 2.44. The van der Waals surface area contributed by atoms with E-state index in [1.165, 1.54) is 0 Å². The van der Waals surface area contributed by atoms with Gasteiger partial charge in [-0.05, 0) is 31.5 Å². The van der Waals surface area contributed by atoms with E-state index >= 15 is 0 Å². The lowest BCUT2D eigenvalue weighted by molar-refractivity contribution is -0.145. The van der Waals surface area contributed by atoms with Gasteiger partial charge >= 0.3 is 5.97 Å². The molecule has 1 heterocycles. The number of carbonyl (C=O) groups excluding carboxylic acids is 1. The lowest BCUT2D eigenvalue weighted by Crippen LogP contribution is -2.08. The van der Waals surface area contributed by atoms with Crippen molar-refractivity contribution < 1.29 is 19.0 Å². The summed E-state index contributed by atoms with van der Waals surface area (Å²) in [5.41, 5.74) is 0.801. The Hall–Kier alpha value is -2.27. The fourth-order valence-corrected chi connectivity index (χ4v) is 2.08. The van der Waals surface area contributed by atoms with E-state index in [1.54, 1.807) is 18.3 Å². The van der Waals surface area contributed by atoms with Gasteiger partial charge in [0, 0.05) is 18.2 Å². The number of para-hydroxylation sites is 2. The van der Waals surface area contributed by atoms with Crippen LogP contribution in [0.5, 0.6) is 11.5 Å². The normalized spacial score (nSPS) is 10.2. The Morgan fingerprint density at radius 1 is 1.12 bits per heavy atom. The third-order valence-electron chi connectivity index (χ3n) is 3.12. The minimum Gasteiger partial charge on any atom is -0.490 e. The van der Waals surface area contributed by atoms with Crippen molar-refractivity contribution in [1.29, 1.82) is 0 Å². The van der Waals surface area contributed by atoms with Crippen molar-refractivity contribution >= 4 is 17.6 Å². The molecule has 0 bridgehead atoms. The lowest BCUT2D eigenvalue weighted by Gasteiger charge is -2.11. The second-order valence-electron chi connectivity index (χ2n) is 4.98. The first-order valence-corrected chi connectivity index (χ1v) is 8.17. The molecule has 0 N–H and O–H groups in total. The van der Waals surface area contributed by atoms with Gasteiger partial charge in [0.2, 0.25) is 0 Å². The van der Waals surface area contributed by atoms with E-state index in [0.29, 0.717) is 36.3 Å². The maximum absolute atomic E-state index is 11.7. The molecule has 5 nitrogen and oxygen atoms in total. The molecule has 0 spiro atoms. The number of hydrogen-bond donors (Lipinski definition) is 0. The first kappa shape index (κ1) is 18.1. The molecule has 0 radical (unpaired) electrons. The summed E-state index contributed by atoms with van der Waals surface area (Å²) in [6.45, 7) is 3.11. The van der Waals surface area contributed by atoms with Crippen LogP contribution in [0.3, 0.4) is 0 Å². The molecule has 0 aliphatic rings. The van der Waals surface area contributed by atoms with Crippen molar-refractivity contribution in [2.24, 2.45) is 0 Å². The van der Waals surface area contributed by atoms with E-state index in [0.717, 1.165) is 5.56 Å². The number of rotatable bonds is 9. The van der Waals surface area contributed by atoms with Crippen LogP contribution >= 0.6 is 11.6 Å². The van der Waals surface area contributed by atoms with Gasteiger partial charge in [-0.15, -0.1) is 0 Å². The number of nitrogens with zero attached hydrogens (tertiary/aromatic N) is 1. The summed E-state index contributed by atoms with van der Waals surface area (Å²) < 4.78 is 16.3. The van der Waals surface area contributed by atoms with Crippen LogP contribution in [0.15, 0.2) is 42.6 Å². The van der Waals surface area contributed by atoms with Crippen molar-refractivity contribution in [3.8, 4) is 11.5 Å². The van der Waals surface area contributed by atoms with E-state index in [2.05, 4.69) is 4.98 Å². The number of ether oxygens (including phenoxy) is 3. The summed E-state index contributed by atoms with van der Waals surface area (Å²) in [4.78, 5) is 15.6. The lowest BCUT2D eigenvalue weighted by atomic mass is 10.3. The first-order valence-electron chi connectivity index (χ1n) is 7.79. The molecule has 1 aromatic carbocycles. The van der Waals surface area contributed by atoms with Crippen LogP contribution in [0, 0.1) is 0 Å². The van der Waals surface area contributed by atoms with E-state index < -0.39 is 0 Å². The highest BCUT2D eigenvalue weighted by molar-refractivity contribution is 6.29. The van der Waals surface area contributed by atoms with Crippen LogP contribution in [-0.2, 0) is 16.1 Å². The number of carbonyl (C=O) groups is 1. The SMILES string of the molecule is CCOc1ccccc1OCCCC(=O)OCc1ccc(Cl)nc1. The molecule has 0 aliphatic heterocycles. The second-order valence-corrected chi connectivity index (χ2v) is 5.37. The molecule has 6 heteroatoms. The van der Waals surface area contributed by atoms with Crippen LogP contribution in [0.25, 0.3) is 0 Å².